The second-order valence-corrected chi connectivity index (χ2v) is 5.02. The number of benzene rings is 1. The van der Waals surface area contributed by atoms with Gasteiger partial charge in [-0.15, -0.1) is 0 Å². The molecule has 1 radical (unpaired) electrons. The number of likely N-dealkylation sites (tertiary alicyclic amines) is 1. The van der Waals surface area contributed by atoms with Crippen LogP contribution < -0.4 is 0 Å². The first-order valence-electron chi connectivity index (χ1n) is 6.27. The molecule has 1 aromatic rings. The molecule has 0 bridgehead atoms. The van der Waals surface area contributed by atoms with Gasteiger partial charge in [-0.05, 0) is 69.8 Å². The predicted molar refractivity (Wildman–Crippen MR) is 69.5 cm³/mol. The predicted octanol–water partition coefficient (Wildman–Crippen LogP) is 3.41. The number of aryl methyl sites for hydroxylation is 3. The summed E-state index contributed by atoms with van der Waals surface area (Å²) in [6.45, 7) is 10.3. The van der Waals surface area contributed by atoms with Gasteiger partial charge in [0.1, 0.15) is 0 Å². The van der Waals surface area contributed by atoms with Crippen molar-refractivity contribution in [1.29, 1.82) is 0 Å². The van der Waals surface area contributed by atoms with Crippen molar-refractivity contribution >= 4 is 0 Å². The molecule has 1 saturated heterocycles. The summed E-state index contributed by atoms with van der Waals surface area (Å²) in [5.74, 6) is 0. The van der Waals surface area contributed by atoms with Crippen molar-refractivity contribution in [2.75, 3.05) is 13.1 Å². The number of rotatable bonds is 2. The smallest absolute Gasteiger partial charge is 0.0238 e. The van der Waals surface area contributed by atoms with Crippen molar-refractivity contribution in [2.24, 2.45) is 0 Å². The summed E-state index contributed by atoms with van der Waals surface area (Å²) < 4.78 is 0. The Hall–Kier alpha value is -0.820. The Morgan fingerprint density at radius 1 is 1.00 bits per heavy atom. The molecule has 1 fully saturated rings. The maximum absolute atomic E-state index is 2.57. The molecular weight excluding hydrogens is 194 g/mol. The minimum Gasteiger partial charge on any atom is -0.299 e. The van der Waals surface area contributed by atoms with Gasteiger partial charge in [0.05, 0.1) is 0 Å². The molecule has 1 aromatic carbocycles. The zero-order valence-electron chi connectivity index (χ0n) is 10.7. The van der Waals surface area contributed by atoms with Gasteiger partial charge in [-0.1, -0.05) is 17.7 Å². The first-order chi connectivity index (χ1) is 7.66. The van der Waals surface area contributed by atoms with Gasteiger partial charge in [0.2, 0.25) is 0 Å². The molecule has 0 aromatic heterocycles. The van der Waals surface area contributed by atoms with Crippen LogP contribution in [-0.4, -0.2) is 18.0 Å². The molecule has 0 atom stereocenters. The molecule has 0 saturated carbocycles. The van der Waals surface area contributed by atoms with Crippen LogP contribution in [0.5, 0.6) is 0 Å². The summed E-state index contributed by atoms with van der Waals surface area (Å²) >= 11 is 0. The molecule has 1 nitrogen and oxygen atoms in total. The van der Waals surface area contributed by atoms with Crippen LogP contribution in [0.4, 0.5) is 0 Å². The van der Waals surface area contributed by atoms with Crippen LogP contribution in [-0.2, 0) is 6.54 Å². The van der Waals surface area contributed by atoms with E-state index >= 15 is 0 Å². The first kappa shape index (κ1) is 11.7. The lowest BCUT2D eigenvalue weighted by molar-refractivity contribution is 0.245. The largest absolute Gasteiger partial charge is 0.299 e. The molecule has 87 valence electrons. The standard InChI is InChI=1S/C15H22N/c1-12-9-13(2)15(14(3)10-12)11-16-7-5-4-6-8-16/h4,9-10H,5-8,11H2,1-3H3. The van der Waals surface area contributed by atoms with Gasteiger partial charge in [-0.2, -0.15) is 0 Å². The summed E-state index contributed by atoms with van der Waals surface area (Å²) in [7, 11) is 0. The van der Waals surface area contributed by atoms with Gasteiger partial charge >= 0.3 is 0 Å². The second kappa shape index (κ2) is 5.01. The fourth-order valence-corrected chi connectivity index (χ4v) is 2.64. The van der Waals surface area contributed by atoms with Crippen molar-refractivity contribution in [2.45, 2.75) is 40.2 Å². The SMILES string of the molecule is Cc1cc(C)c(CN2CC[CH]CC2)c(C)c1. The van der Waals surface area contributed by atoms with Gasteiger partial charge in [-0.25, -0.2) is 0 Å². The molecule has 1 heterocycles. The Morgan fingerprint density at radius 2 is 1.56 bits per heavy atom. The fraction of sp³-hybridized carbons (Fsp3) is 0.533. The maximum atomic E-state index is 2.57. The van der Waals surface area contributed by atoms with E-state index < -0.39 is 0 Å². The minimum absolute atomic E-state index is 1.13. The third-order valence-electron chi connectivity index (χ3n) is 3.52. The highest BCUT2D eigenvalue weighted by Crippen LogP contribution is 2.20. The number of hydrogen-bond donors (Lipinski definition) is 0. The zero-order valence-corrected chi connectivity index (χ0v) is 10.7. The average molecular weight is 216 g/mol. The summed E-state index contributed by atoms with van der Waals surface area (Å²) in [4.78, 5) is 2.57. The van der Waals surface area contributed by atoms with Crippen LogP contribution in [0.3, 0.4) is 0 Å². The lowest BCUT2D eigenvalue weighted by atomic mass is 9.98. The number of piperidine rings is 1. The first-order valence-corrected chi connectivity index (χ1v) is 6.27. The van der Waals surface area contributed by atoms with Gasteiger partial charge < -0.3 is 0 Å². The third kappa shape index (κ3) is 2.65. The van der Waals surface area contributed by atoms with E-state index in [0.717, 1.165) is 6.54 Å². The molecule has 1 aliphatic heterocycles. The molecular formula is C15H22N. The molecule has 1 heteroatoms. The van der Waals surface area contributed by atoms with E-state index in [2.05, 4.69) is 44.2 Å². The maximum Gasteiger partial charge on any atom is 0.0238 e. The Bertz CT molecular complexity index is 339. The molecule has 0 unspecified atom stereocenters. The minimum atomic E-state index is 1.13. The Balaban J connectivity index is 2.14. The fourth-order valence-electron chi connectivity index (χ4n) is 2.64. The van der Waals surface area contributed by atoms with Crippen LogP contribution in [0.2, 0.25) is 0 Å². The van der Waals surface area contributed by atoms with Gasteiger partial charge in [0, 0.05) is 6.54 Å². The third-order valence-corrected chi connectivity index (χ3v) is 3.52. The average Bonchev–Trinajstić information content (AvgIpc) is 2.25. The molecule has 0 spiro atoms. The zero-order chi connectivity index (χ0) is 11.5. The van der Waals surface area contributed by atoms with Crippen LogP contribution in [0.25, 0.3) is 0 Å². The molecule has 16 heavy (non-hydrogen) atoms. The van der Waals surface area contributed by atoms with Crippen LogP contribution in [0, 0.1) is 27.2 Å². The lowest BCUT2D eigenvalue weighted by Gasteiger charge is -2.27. The van der Waals surface area contributed by atoms with Gasteiger partial charge in [0.15, 0.2) is 0 Å². The Kier molecular flexibility index (Phi) is 3.65. The van der Waals surface area contributed by atoms with E-state index in [1.165, 1.54) is 48.2 Å². The van der Waals surface area contributed by atoms with Crippen molar-refractivity contribution in [3.05, 3.63) is 40.8 Å². The second-order valence-electron chi connectivity index (χ2n) is 5.02. The number of nitrogens with zero attached hydrogens (tertiary/aromatic N) is 1. The van der Waals surface area contributed by atoms with Crippen LogP contribution in [0.1, 0.15) is 35.1 Å². The highest BCUT2D eigenvalue weighted by Gasteiger charge is 2.13. The summed E-state index contributed by atoms with van der Waals surface area (Å²) in [6.07, 6.45) is 4.92. The van der Waals surface area contributed by atoms with E-state index in [0.29, 0.717) is 0 Å². The van der Waals surface area contributed by atoms with Crippen molar-refractivity contribution in [1.82, 2.24) is 4.90 Å². The van der Waals surface area contributed by atoms with E-state index in [9.17, 15) is 0 Å². The van der Waals surface area contributed by atoms with E-state index in [1.54, 1.807) is 0 Å². The highest BCUT2D eigenvalue weighted by atomic mass is 15.1. The highest BCUT2D eigenvalue weighted by molar-refractivity contribution is 5.37. The molecule has 0 aliphatic carbocycles. The molecule has 0 amide bonds. The van der Waals surface area contributed by atoms with Gasteiger partial charge in [0.25, 0.3) is 0 Å². The van der Waals surface area contributed by atoms with E-state index in [-0.39, 0.29) is 0 Å². The monoisotopic (exact) mass is 216 g/mol. The van der Waals surface area contributed by atoms with Crippen LogP contribution >= 0.6 is 0 Å². The quantitative estimate of drug-likeness (QED) is 0.732. The topological polar surface area (TPSA) is 3.24 Å². The van der Waals surface area contributed by atoms with E-state index in [1.807, 2.05) is 0 Å². The number of hydrogen-bond acceptors (Lipinski definition) is 1. The van der Waals surface area contributed by atoms with E-state index in [4.69, 9.17) is 0 Å². The van der Waals surface area contributed by atoms with Crippen molar-refractivity contribution < 1.29 is 0 Å². The van der Waals surface area contributed by atoms with Crippen molar-refractivity contribution in [3.63, 3.8) is 0 Å². The van der Waals surface area contributed by atoms with Gasteiger partial charge in [-0.3, -0.25) is 4.90 Å². The normalized spacial score (nSPS) is 17.7. The summed E-state index contributed by atoms with van der Waals surface area (Å²) in [6, 6.07) is 4.61. The molecule has 2 rings (SSSR count). The lowest BCUT2D eigenvalue weighted by Crippen LogP contribution is -2.30. The Morgan fingerprint density at radius 3 is 2.12 bits per heavy atom. The van der Waals surface area contributed by atoms with Crippen LogP contribution in [0.15, 0.2) is 12.1 Å². The summed E-state index contributed by atoms with van der Waals surface area (Å²) in [5, 5.41) is 0. The summed E-state index contributed by atoms with van der Waals surface area (Å²) in [5.41, 5.74) is 5.82. The molecule has 0 N–H and O–H groups in total. The van der Waals surface area contributed by atoms with Crippen molar-refractivity contribution in [3.8, 4) is 0 Å². The molecule has 1 aliphatic rings. The Labute approximate surface area is 99.5 Å².